The molecule has 1 amide bonds. The van der Waals surface area contributed by atoms with Gasteiger partial charge in [-0.3, -0.25) is 19.2 Å². The first-order valence-corrected chi connectivity index (χ1v) is 7.97. The molecule has 8 heteroatoms. The summed E-state index contributed by atoms with van der Waals surface area (Å²) in [6.07, 6.45) is 0. The summed E-state index contributed by atoms with van der Waals surface area (Å²) in [5, 5.41) is 13.0. The molecule has 1 aromatic carbocycles. The van der Waals surface area contributed by atoms with Gasteiger partial charge in [0, 0.05) is 18.1 Å². The number of phenols is 1. The lowest BCUT2D eigenvalue weighted by Gasteiger charge is -2.24. The summed E-state index contributed by atoms with van der Waals surface area (Å²) in [7, 11) is 1.30. The summed E-state index contributed by atoms with van der Waals surface area (Å²) in [6, 6.07) is 0. The Labute approximate surface area is 151 Å². The smallest absolute Gasteiger partial charge is 0.321 e. The van der Waals surface area contributed by atoms with E-state index in [1.807, 2.05) is 0 Å². The van der Waals surface area contributed by atoms with Gasteiger partial charge in [-0.2, -0.15) is 0 Å². The number of phenolic OH excluding ortho intramolecular Hbond substituents is 1. The molecule has 26 heavy (non-hydrogen) atoms. The lowest BCUT2D eigenvalue weighted by Crippen LogP contribution is -2.26. The Morgan fingerprint density at radius 2 is 1.73 bits per heavy atom. The molecule has 0 aliphatic rings. The third kappa shape index (κ3) is 4.01. The van der Waals surface area contributed by atoms with E-state index >= 15 is 0 Å². The van der Waals surface area contributed by atoms with Crippen LogP contribution in [0.1, 0.15) is 55.1 Å². The van der Waals surface area contributed by atoms with Gasteiger partial charge in [-0.05, 0) is 27.7 Å². The molecule has 0 bridgehead atoms. The van der Waals surface area contributed by atoms with Crippen molar-refractivity contribution in [3.8, 4) is 11.5 Å². The molecule has 0 radical (unpaired) electrons. The Kier molecular flexibility index (Phi) is 6.88. The second-order valence-electron chi connectivity index (χ2n) is 5.70. The highest BCUT2D eigenvalue weighted by atomic mass is 16.5. The maximum atomic E-state index is 12.4. The van der Waals surface area contributed by atoms with Crippen molar-refractivity contribution in [3.63, 3.8) is 0 Å². The number of hydrogen-bond donors (Lipinski definition) is 2. The van der Waals surface area contributed by atoms with Gasteiger partial charge >= 0.3 is 5.97 Å². The first kappa shape index (κ1) is 21.1. The van der Waals surface area contributed by atoms with Crippen molar-refractivity contribution in [1.29, 1.82) is 0 Å². The number of methoxy groups -OCH3 is 1. The van der Waals surface area contributed by atoms with Crippen molar-refractivity contribution in [3.05, 3.63) is 16.7 Å². The molecule has 1 unspecified atom stereocenters. The molecule has 1 aromatic rings. The summed E-state index contributed by atoms with van der Waals surface area (Å²) in [4.78, 5) is 48.5. The predicted molar refractivity (Wildman–Crippen MR) is 93.8 cm³/mol. The highest BCUT2D eigenvalue weighted by Crippen LogP contribution is 2.45. The lowest BCUT2D eigenvalue weighted by molar-refractivity contribution is -0.147. The van der Waals surface area contributed by atoms with Gasteiger partial charge in [-0.15, -0.1) is 0 Å². The molecular weight excluding hydrogens is 342 g/mol. The van der Waals surface area contributed by atoms with E-state index in [0.717, 1.165) is 6.92 Å². The molecule has 8 nitrogen and oxygen atoms in total. The molecule has 0 saturated heterocycles. The van der Waals surface area contributed by atoms with Gasteiger partial charge in [-0.25, -0.2) is 0 Å². The van der Waals surface area contributed by atoms with Gasteiger partial charge in [-0.1, -0.05) is 0 Å². The van der Waals surface area contributed by atoms with Crippen LogP contribution in [-0.4, -0.2) is 42.3 Å². The highest BCUT2D eigenvalue weighted by Gasteiger charge is 2.37. The second kappa shape index (κ2) is 8.46. The third-order valence-electron chi connectivity index (χ3n) is 3.77. The summed E-state index contributed by atoms with van der Waals surface area (Å²) in [6.45, 7) is 6.65. The van der Waals surface area contributed by atoms with Crippen molar-refractivity contribution in [1.82, 2.24) is 0 Å². The summed E-state index contributed by atoms with van der Waals surface area (Å²) in [5.74, 6) is -4.46. The molecule has 0 spiro atoms. The van der Waals surface area contributed by atoms with Crippen LogP contribution >= 0.6 is 0 Å². The Hall–Kier alpha value is -2.90. The number of nitrogens with one attached hydrogen (secondary N) is 1. The molecular formula is C18H23NO7. The van der Waals surface area contributed by atoms with E-state index in [9.17, 15) is 24.3 Å². The quantitative estimate of drug-likeness (QED) is 0.329. The monoisotopic (exact) mass is 365 g/mol. The van der Waals surface area contributed by atoms with Gasteiger partial charge in [0.1, 0.15) is 23.2 Å². The number of hydrogen-bond acceptors (Lipinski definition) is 7. The summed E-state index contributed by atoms with van der Waals surface area (Å²) in [5.41, 5.74) is -0.205. The first-order valence-electron chi connectivity index (χ1n) is 7.97. The predicted octanol–water partition coefficient (Wildman–Crippen LogP) is 2.11. The number of benzene rings is 1. The lowest BCUT2D eigenvalue weighted by atomic mass is 9.85. The van der Waals surface area contributed by atoms with Crippen molar-refractivity contribution >= 4 is 29.1 Å². The van der Waals surface area contributed by atoms with Crippen molar-refractivity contribution < 1.29 is 33.8 Å². The zero-order chi connectivity index (χ0) is 20.2. The van der Waals surface area contributed by atoms with Gasteiger partial charge < -0.3 is 19.9 Å². The fourth-order valence-corrected chi connectivity index (χ4v) is 2.77. The van der Waals surface area contributed by atoms with Crippen LogP contribution in [0.25, 0.3) is 0 Å². The number of ether oxygens (including phenoxy) is 2. The van der Waals surface area contributed by atoms with Crippen LogP contribution in [0.15, 0.2) is 0 Å². The van der Waals surface area contributed by atoms with E-state index in [-0.39, 0.29) is 34.7 Å². The zero-order valence-electron chi connectivity index (χ0n) is 15.7. The number of esters is 1. The van der Waals surface area contributed by atoms with Crippen LogP contribution in [-0.2, 0) is 19.1 Å². The molecule has 0 heterocycles. The van der Waals surface area contributed by atoms with Gasteiger partial charge in [0.15, 0.2) is 5.78 Å². The average Bonchev–Trinajstić information content (AvgIpc) is 2.51. The van der Waals surface area contributed by atoms with Crippen LogP contribution in [0.3, 0.4) is 0 Å². The van der Waals surface area contributed by atoms with Crippen LogP contribution in [0.2, 0.25) is 0 Å². The topological polar surface area (TPSA) is 119 Å². The first-order chi connectivity index (χ1) is 12.1. The van der Waals surface area contributed by atoms with Gasteiger partial charge in [0.2, 0.25) is 5.91 Å². The molecule has 0 fully saturated rings. The van der Waals surface area contributed by atoms with Crippen LogP contribution in [0, 0.1) is 6.92 Å². The van der Waals surface area contributed by atoms with E-state index in [4.69, 9.17) is 9.47 Å². The fraction of sp³-hybridized carbons (Fsp3) is 0.444. The Balaban J connectivity index is 4.03. The van der Waals surface area contributed by atoms with Gasteiger partial charge in [0.25, 0.3) is 0 Å². The Morgan fingerprint density at radius 1 is 1.15 bits per heavy atom. The average molecular weight is 365 g/mol. The van der Waals surface area contributed by atoms with Crippen LogP contribution in [0.4, 0.5) is 5.69 Å². The largest absolute Gasteiger partial charge is 0.507 e. The minimum atomic E-state index is -1.50. The molecule has 1 rings (SSSR count). The maximum Gasteiger partial charge on any atom is 0.321 e. The van der Waals surface area contributed by atoms with Crippen LogP contribution in [0.5, 0.6) is 11.5 Å². The Morgan fingerprint density at radius 3 is 2.12 bits per heavy atom. The number of carbonyl (C=O) groups is 4. The third-order valence-corrected chi connectivity index (χ3v) is 3.77. The van der Waals surface area contributed by atoms with E-state index in [1.165, 1.54) is 27.9 Å². The number of aromatic hydroxyl groups is 1. The molecule has 0 aliphatic heterocycles. The van der Waals surface area contributed by atoms with Gasteiger partial charge in [0.05, 0.1) is 25.0 Å². The number of Topliss-reactive ketones (excluding diaryl/α,β-unsaturated/α-hetero) is 2. The van der Waals surface area contributed by atoms with E-state index in [2.05, 4.69) is 5.32 Å². The summed E-state index contributed by atoms with van der Waals surface area (Å²) < 4.78 is 10.2. The van der Waals surface area contributed by atoms with Crippen molar-refractivity contribution in [2.75, 3.05) is 19.0 Å². The molecule has 0 saturated carbocycles. The van der Waals surface area contributed by atoms with E-state index in [1.54, 1.807) is 6.92 Å². The molecule has 0 aliphatic carbocycles. The standard InChI is InChI=1S/C18H23NO7/c1-7-26-18(24)13(10(4)21)14-12(9(3)20)16(23)8(2)17(25-6)15(14)19-11(5)22/h13,23H,7H2,1-6H3,(H,19,22). The number of ketones is 2. The molecule has 1 atom stereocenters. The van der Waals surface area contributed by atoms with E-state index in [0.29, 0.717) is 0 Å². The SMILES string of the molecule is CCOC(=O)C(C(C)=O)c1c(NC(C)=O)c(OC)c(C)c(O)c1C(C)=O. The number of carbonyl (C=O) groups excluding carboxylic acids is 4. The Bertz CT molecular complexity index is 768. The number of amides is 1. The fourth-order valence-electron chi connectivity index (χ4n) is 2.77. The minimum absolute atomic E-state index is 0.0163. The van der Waals surface area contributed by atoms with Crippen LogP contribution < -0.4 is 10.1 Å². The van der Waals surface area contributed by atoms with E-state index < -0.39 is 35.1 Å². The minimum Gasteiger partial charge on any atom is -0.507 e. The molecule has 2 N–H and O–H groups in total. The zero-order valence-corrected chi connectivity index (χ0v) is 15.7. The number of anilines is 1. The molecule has 0 aromatic heterocycles. The van der Waals surface area contributed by atoms with Crippen molar-refractivity contribution in [2.45, 2.75) is 40.5 Å². The maximum absolute atomic E-state index is 12.4. The normalized spacial score (nSPS) is 11.5. The highest BCUT2D eigenvalue weighted by molar-refractivity contribution is 6.12. The summed E-state index contributed by atoms with van der Waals surface area (Å²) >= 11 is 0. The van der Waals surface area contributed by atoms with Crippen molar-refractivity contribution in [2.24, 2.45) is 0 Å². The second-order valence-corrected chi connectivity index (χ2v) is 5.70. The number of rotatable bonds is 7. The molecule has 142 valence electrons.